The molecule has 0 aliphatic heterocycles. The highest BCUT2D eigenvalue weighted by Crippen LogP contribution is 2.27. The molecule has 1 nitrogen and oxygen atoms in total. The van der Waals surface area contributed by atoms with Crippen molar-refractivity contribution in [2.75, 3.05) is 0 Å². The molecule has 0 aliphatic rings. The molecular weight excluding hydrogens is 268 g/mol. The Morgan fingerprint density at radius 1 is 0.727 bits per heavy atom. The summed E-state index contributed by atoms with van der Waals surface area (Å²) in [4.78, 5) is 12.1. The molecule has 0 spiro atoms. The zero-order chi connectivity index (χ0) is 16.8. The Balaban J connectivity index is 3.32. The van der Waals surface area contributed by atoms with Gasteiger partial charge in [0.2, 0.25) is 0 Å². The quantitative estimate of drug-likeness (QED) is 0.307. The number of hydrogen-bond acceptors (Lipinski definition) is 1. The molecule has 0 bridgehead atoms. The molecule has 1 heteroatoms. The van der Waals surface area contributed by atoms with E-state index in [0.717, 1.165) is 12.8 Å². The number of hydrogen-bond donors (Lipinski definition) is 0. The maximum atomic E-state index is 12.1. The lowest BCUT2D eigenvalue weighted by Gasteiger charge is -2.25. The summed E-state index contributed by atoms with van der Waals surface area (Å²) in [5.41, 5.74) is 0.119. The van der Waals surface area contributed by atoms with Crippen LogP contribution >= 0.6 is 0 Å². The number of unbranched alkanes of at least 4 members (excludes halogenated alkanes) is 11. The Hall–Kier alpha value is -0.330. The number of carbonyl (C=O) groups is 1. The van der Waals surface area contributed by atoms with Crippen LogP contribution in [-0.4, -0.2) is 5.78 Å². The van der Waals surface area contributed by atoms with Gasteiger partial charge in [-0.1, -0.05) is 105 Å². The first kappa shape index (κ1) is 21.7. The smallest absolute Gasteiger partial charge is 0.136 e. The summed E-state index contributed by atoms with van der Waals surface area (Å²) in [7, 11) is 0. The average Bonchev–Trinajstić information content (AvgIpc) is 2.46. The summed E-state index contributed by atoms with van der Waals surface area (Å²) in [5, 5.41) is 0. The van der Waals surface area contributed by atoms with E-state index in [1.165, 1.54) is 70.6 Å². The molecule has 0 aliphatic carbocycles. The summed E-state index contributed by atoms with van der Waals surface area (Å²) >= 11 is 0. The molecule has 1 atom stereocenters. The fourth-order valence-electron chi connectivity index (χ4n) is 2.84. The van der Waals surface area contributed by atoms with Crippen molar-refractivity contribution < 1.29 is 4.79 Å². The second-order valence-corrected chi connectivity index (χ2v) is 8.19. The van der Waals surface area contributed by atoms with Crippen molar-refractivity contribution in [1.29, 1.82) is 0 Å². The Kier molecular flexibility index (Phi) is 12.9. The van der Waals surface area contributed by atoms with E-state index in [0.29, 0.717) is 5.78 Å². The van der Waals surface area contributed by atoms with Gasteiger partial charge < -0.3 is 0 Å². The van der Waals surface area contributed by atoms with Crippen LogP contribution in [0.3, 0.4) is 0 Å². The first-order valence-corrected chi connectivity index (χ1v) is 9.92. The number of Topliss-reactive ketones (excluding diaryl/α,β-unsaturated/α-hetero) is 1. The van der Waals surface area contributed by atoms with Gasteiger partial charge in [0, 0.05) is 12.3 Å². The van der Waals surface area contributed by atoms with Crippen molar-refractivity contribution in [3.63, 3.8) is 0 Å². The van der Waals surface area contributed by atoms with Crippen LogP contribution < -0.4 is 0 Å². The van der Waals surface area contributed by atoms with E-state index >= 15 is 0 Å². The van der Waals surface area contributed by atoms with E-state index in [1.54, 1.807) is 0 Å². The Labute approximate surface area is 140 Å². The monoisotopic (exact) mass is 310 g/mol. The molecular formula is C21H42O. The number of ketones is 1. The Morgan fingerprint density at radius 3 is 1.45 bits per heavy atom. The summed E-state index contributed by atoms with van der Waals surface area (Å²) in [6, 6.07) is 0. The largest absolute Gasteiger partial charge is 0.299 e. The third kappa shape index (κ3) is 12.2. The third-order valence-electron chi connectivity index (χ3n) is 5.06. The maximum Gasteiger partial charge on any atom is 0.136 e. The van der Waals surface area contributed by atoms with Gasteiger partial charge in [-0.05, 0) is 11.8 Å². The minimum absolute atomic E-state index is 0.119. The van der Waals surface area contributed by atoms with Crippen LogP contribution in [0.5, 0.6) is 0 Å². The molecule has 0 heterocycles. The van der Waals surface area contributed by atoms with E-state index < -0.39 is 0 Å². The lowest BCUT2D eigenvalue weighted by Crippen LogP contribution is -2.25. The molecule has 0 N–H and O–H groups in total. The molecule has 0 saturated heterocycles. The highest BCUT2D eigenvalue weighted by molar-refractivity contribution is 5.81. The summed E-state index contributed by atoms with van der Waals surface area (Å²) in [6.07, 6.45) is 17.1. The van der Waals surface area contributed by atoms with Crippen molar-refractivity contribution in [2.24, 2.45) is 11.3 Å². The first-order chi connectivity index (χ1) is 10.4. The van der Waals surface area contributed by atoms with Crippen LogP contribution in [0.15, 0.2) is 0 Å². The van der Waals surface area contributed by atoms with Gasteiger partial charge in [-0.3, -0.25) is 4.79 Å². The van der Waals surface area contributed by atoms with Gasteiger partial charge in [-0.15, -0.1) is 0 Å². The van der Waals surface area contributed by atoms with Crippen molar-refractivity contribution in [3.05, 3.63) is 0 Å². The van der Waals surface area contributed by atoms with Crippen LogP contribution in [0.25, 0.3) is 0 Å². The van der Waals surface area contributed by atoms with Crippen LogP contribution in [-0.2, 0) is 4.79 Å². The second-order valence-electron chi connectivity index (χ2n) is 8.19. The lowest BCUT2D eigenvalue weighted by molar-refractivity contribution is -0.125. The molecule has 0 aromatic carbocycles. The van der Waals surface area contributed by atoms with Crippen molar-refractivity contribution >= 4 is 5.78 Å². The Bertz CT molecular complexity index is 262. The standard InChI is InChI=1S/C21H42O/c1-6-7-8-9-10-11-12-13-14-15-16-17-18-20(22)19(2)21(3,4)5/h19H,6-18H2,1-5H3. The van der Waals surface area contributed by atoms with Gasteiger partial charge in [0.25, 0.3) is 0 Å². The van der Waals surface area contributed by atoms with Crippen LogP contribution in [0.2, 0.25) is 0 Å². The van der Waals surface area contributed by atoms with Gasteiger partial charge in [0.1, 0.15) is 5.78 Å². The fraction of sp³-hybridized carbons (Fsp3) is 0.952. The molecule has 0 aromatic rings. The highest BCUT2D eigenvalue weighted by atomic mass is 16.1. The normalized spacial score (nSPS) is 13.3. The van der Waals surface area contributed by atoms with Gasteiger partial charge in [0.15, 0.2) is 0 Å². The van der Waals surface area contributed by atoms with Crippen molar-refractivity contribution in [2.45, 2.75) is 118 Å². The molecule has 0 rings (SSSR count). The third-order valence-corrected chi connectivity index (χ3v) is 5.06. The highest BCUT2D eigenvalue weighted by Gasteiger charge is 2.25. The summed E-state index contributed by atoms with van der Waals surface area (Å²) < 4.78 is 0. The number of rotatable bonds is 14. The molecule has 132 valence electrons. The average molecular weight is 311 g/mol. The molecule has 0 aromatic heterocycles. The fourth-order valence-corrected chi connectivity index (χ4v) is 2.84. The maximum absolute atomic E-state index is 12.1. The summed E-state index contributed by atoms with van der Waals surface area (Å²) in [5.74, 6) is 0.653. The SMILES string of the molecule is CCCCCCCCCCCCCCC(=O)C(C)C(C)(C)C. The van der Waals surface area contributed by atoms with Gasteiger partial charge in [0.05, 0.1) is 0 Å². The van der Waals surface area contributed by atoms with Gasteiger partial charge in [-0.25, -0.2) is 0 Å². The molecule has 0 saturated carbocycles. The van der Waals surface area contributed by atoms with Crippen LogP contribution in [0, 0.1) is 11.3 Å². The van der Waals surface area contributed by atoms with Crippen molar-refractivity contribution in [1.82, 2.24) is 0 Å². The van der Waals surface area contributed by atoms with Crippen molar-refractivity contribution in [3.8, 4) is 0 Å². The molecule has 22 heavy (non-hydrogen) atoms. The van der Waals surface area contributed by atoms with Crippen LogP contribution in [0.4, 0.5) is 0 Å². The predicted molar refractivity (Wildman–Crippen MR) is 99.3 cm³/mol. The summed E-state index contributed by atoms with van der Waals surface area (Å²) in [6.45, 7) is 10.9. The first-order valence-electron chi connectivity index (χ1n) is 9.92. The molecule has 0 fully saturated rings. The van der Waals surface area contributed by atoms with E-state index in [-0.39, 0.29) is 11.3 Å². The molecule has 1 unspecified atom stereocenters. The molecule has 0 radical (unpaired) electrons. The predicted octanol–water partition coefficient (Wildman–Crippen LogP) is 7.33. The molecule has 0 amide bonds. The zero-order valence-corrected chi connectivity index (χ0v) is 16.2. The van der Waals surface area contributed by atoms with E-state index in [1.807, 2.05) is 0 Å². The number of carbonyl (C=O) groups excluding carboxylic acids is 1. The lowest BCUT2D eigenvalue weighted by atomic mass is 9.78. The van der Waals surface area contributed by atoms with E-state index in [9.17, 15) is 4.79 Å². The Morgan fingerprint density at radius 2 is 1.09 bits per heavy atom. The zero-order valence-electron chi connectivity index (χ0n) is 16.2. The minimum Gasteiger partial charge on any atom is -0.299 e. The van der Waals surface area contributed by atoms with E-state index in [4.69, 9.17) is 0 Å². The van der Waals surface area contributed by atoms with E-state index in [2.05, 4.69) is 34.6 Å². The van der Waals surface area contributed by atoms with Crippen LogP contribution in [0.1, 0.15) is 118 Å². The van der Waals surface area contributed by atoms with Gasteiger partial charge >= 0.3 is 0 Å². The van der Waals surface area contributed by atoms with Gasteiger partial charge in [-0.2, -0.15) is 0 Å². The minimum atomic E-state index is 0.119. The topological polar surface area (TPSA) is 17.1 Å². The second kappa shape index (κ2) is 13.1.